The second-order valence-corrected chi connectivity index (χ2v) is 4.35. The highest BCUT2D eigenvalue weighted by atomic mass is 16.5. The molecule has 1 unspecified atom stereocenters. The number of aliphatic hydroxyl groups is 1. The maximum atomic E-state index is 9.91. The van der Waals surface area contributed by atoms with Gasteiger partial charge in [0.1, 0.15) is 0 Å². The van der Waals surface area contributed by atoms with Crippen LogP contribution < -0.4 is 0 Å². The molecule has 0 radical (unpaired) electrons. The van der Waals surface area contributed by atoms with Gasteiger partial charge in [0, 0.05) is 13.5 Å². The first-order chi connectivity index (χ1) is 6.55. The fourth-order valence-electron chi connectivity index (χ4n) is 1.51. The van der Waals surface area contributed by atoms with Crippen molar-refractivity contribution in [3.63, 3.8) is 0 Å². The molecule has 0 saturated heterocycles. The smallest absolute Gasteiger partial charge is 0.0876 e. The minimum atomic E-state index is -0.440. The minimum absolute atomic E-state index is 0.280. The number of rotatable bonds is 4. The van der Waals surface area contributed by atoms with E-state index in [0.29, 0.717) is 6.42 Å². The summed E-state index contributed by atoms with van der Waals surface area (Å²) in [5, 5.41) is 9.91. The molecule has 0 fully saturated rings. The van der Waals surface area contributed by atoms with E-state index in [0.717, 1.165) is 25.0 Å². The molecule has 0 aromatic heterocycles. The van der Waals surface area contributed by atoms with Gasteiger partial charge in [-0.05, 0) is 32.3 Å². The Balaban J connectivity index is 2.48. The second kappa shape index (κ2) is 4.80. The zero-order chi connectivity index (χ0) is 10.6. The molecule has 0 amide bonds. The quantitative estimate of drug-likeness (QED) is 0.752. The Hall–Kier alpha value is -0.540. The summed E-state index contributed by atoms with van der Waals surface area (Å²) in [6, 6.07) is 0. The molecule has 1 rings (SSSR count). The highest BCUT2D eigenvalue weighted by Crippen LogP contribution is 2.23. The first kappa shape index (κ1) is 11.5. The molecule has 14 heavy (non-hydrogen) atoms. The summed E-state index contributed by atoms with van der Waals surface area (Å²) in [5.74, 6) is 0. The van der Waals surface area contributed by atoms with Crippen molar-refractivity contribution < 1.29 is 14.6 Å². The molecular weight excluding hydrogens is 180 g/mol. The van der Waals surface area contributed by atoms with Crippen molar-refractivity contribution in [2.24, 2.45) is 0 Å². The Bertz CT molecular complexity index is 209. The van der Waals surface area contributed by atoms with E-state index in [-0.39, 0.29) is 5.60 Å². The molecule has 0 aromatic rings. The zero-order valence-electron chi connectivity index (χ0n) is 9.25. The lowest BCUT2D eigenvalue weighted by atomic mass is 9.93. The molecule has 82 valence electrons. The van der Waals surface area contributed by atoms with Gasteiger partial charge in [0.2, 0.25) is 0 Å². The molecule has 0 aliphatic carbocycles. The third-order valence-corrected chi connectivity index (χ3v) is 2.63. The van der Waals surface area contributed by atoms with Crippen LogP contribution in [0.25, 0.3) is 0 Å². The van der Waals surface area contributed by atoms with Crippen LogP contribution >= 0.6 is 0 Å². The summed E-state index contributed by atoms with van der Waals surface area (Å²) in [5.41, 5.74) is 0.707. The molecule has 1 N–H and O–H groups in total. The van der Waals surface area contributed by atoms with Gasteiger partial charge in [-0.25, -0.2) is 0 Å². The van der Waals surface area contributed by atoms with E-state index < -0.39 is 6.10 Å². The Morgan fingerprint density at radius 2 is 2.36 bits per heavy atom. The predicted molar refractivity (Wildman–Crippen MR) is 55.0 cm³/mol. The van der Waals surface area contributed by atoms with E-state index in [1.807, 2.05) is 13.8 Å². The lowest BCUT2D eigenvalue weighted by molar-refractivity contribution is -0.0136. The van der Waals surface area contributed by atoms with Crippen molar-refractivity contribution in [1.82, 2.24) is 0 Å². The molecule has 0 aromatic carbocycles. The summed E-state index contributed by atoms with van der Waals surface area (Å²) in [6.45, 7) is 4.71. The topological polar surface area (TPSA) is 38.7 Å². The Labute approximate surface area is 85.7 Å². The zero-order valence-corrected chi connectivity index (χ0v) is 9.25. The Morgan fingerprint density at radius 1 is 1.64 bits per heavy atom. The number of aliphatic hydroxyl groups excluding tert-OH is 1. The molecular formula is C11H20O3. The Kier molecular flexibility index (Phi) is 3.96. The average Bonchev–Trinajstić information content (AvgIpc) is 2.19. The van der Waals surface area contributed by atoms with Crippen molar-refractivity contribution >= 4 is 0 Å². The van der Waals surface area contributed by atoms with Gasteiger partial charge in [0.15, 0.2) is 0 Å². The molecule has 1 aliphatic rings. The number of hydrogen-bond acceptors (Lipinski definition) is 3. The van der Waals surface area contributed by atoms with Gasteiger partial charge in [-0.1, -0.05) is 0 Å². The number of methoxy groups -OCH3 is 1. The van der Waals surface area contributed by atoms with Crippen LogP contribution in [0.1, 0.15) is 33.1 Å². The van der Waals surface area contributed by atoms with Crippen LogP contribution in [0.2, 0.25) is 0 Å². The summed E-state index contributed by atoms with van der Waals surface area (Å²) < 4.78 is 10.5. The van der Waals surface area contributed by atoms with Crippen molar-refractivity contribution in [1.29, 1.82) is 0 Å². The molecule has 1 atom stereocenters. The van der Waals surface area contributed by atoms with Gasteiger partial charge in [-0.15, -0.1) is 0 Å². The van der Waals surface area contributed by atoms with Gasteiger partial charge < -0.3 is 14.6 Å². The minimum Gasteiger partial charge on any atom is -0.501 e. The van der Waals surface area contributed by atoms with Crippen molar-refractivity contribution in [2.45, 2.75) is 44.8 Å². The summed E-state index contributed by atoms with van der Waals surface area (Å²) >= 11 is 0. The summed E-state index contributed by atoms with van der Waals surface area (Å²) in [6.07, 6.45) is 3.79. The van der Waals surface area contributed by atoms with Gasteiger partial charge in [0.25, 0.3) is 0 Å². The first-order valence-electron chi connectivity index (χ1n) is 5.09. The van der Waals surface area contributed by atoms with Crippen molar-refractivity contribution in [3.05, 3.63) is 11.8 Å². The monoisotopic (exact) mass is 200 g/mol. The van der Waals surface area contributed by atoms with E-state index in [2.05, 4.69) is 0 Å². The van der Waals surface area contributed by atoms with Gasteiger partial charge in [-0.2, -0.15) is 0 Å². The van der Waals surface area contributed by atoms with Crippen molar-refractivity contribution in [2.75, 3.05) is 13.7 Å². The van der Waals surface area contributed by atoms with E-state index in [4.69, 9.17) is 9.47 Å². The van der Waals surface area contributed by atoms with E-state index in [1.165, 1.54) is 0 Å². The second-order valence-electron chi connectivity index (χ2n) is 4.35. The predicted octanol–water partition coefficient (Wildman–Crippen LogP) is 1.86. The molecule has 0 saturated carbocycles. The fraction of sp³-hybridized carbons (Fsp3) is 0.818. The highest BCUT2D eigenvalue weighted by molar-refractivity contribution is 5.07. The molecule has 3 nitrogen and oxygen atoms in total. The Morgan fingerprint density at radius 3 is 2.86 bits per heavy atom. The van der Waals surface area contributed by atoms with Crippen LogP contribution in [0.3, 0.4) is 0 Å². The SMILES string of the molecule is COC(C)(C)CC(O)C1=COCCC1. The third-order valence-electron chi connectivity index (χ3n) is 2.63. The molecule has 3 heteroatoms. The van der Waals surface area contributed by atoms with Crippen LogP contribution in [0.4, 0.5) is 0 Å². The van der Waals surface area contributed by atoms with Crippen LogP contribution in [0.5, 0.6) is 0 Å². The van der Waals surface area contributed by atoms with Crippen molar-refractivity contribution in [3.8, 4) is 0 Å². The molecule has 0 spiro atoms. The van der Waals surface area contributed by atoms with E-state index in [1.54, 1.807) is 13.4 Å². The van der Waals surface area contributed by atoms with E-state index >= 15 is 0 Å². The van der Waals surface area contributed by atoms with Crippen LogP contribution in [-0.2, 0) is 9.47 Å². The lowest BCUT2D eigenvalue weighted by Crippen LogP contribution is -2.30. The maximum absolute atomic E-state index is 9.91. The van der Waals surface area contributed by atoms with Crippen LogP contribution in [0.15, 0.2) is 11.8 Å². The van der Waals surface area contributed by atoms with Crippen LogP contribution in [0, 0.1) is 0 Å². The molecule has 0 bridgehead atoms. The standard InChI is InChI=1S/C11H20O3/c1-11(2,13-3)7-10(12)9-5-4-6-14-8-9/h8,10,12H,4-7H2,1-3H3. The van der Waals surface area contributed by atoms with Gasteiger partial charge >= 0.3 is 0 Å². The number of ether oxygens (including phenoxy) is 2. The third kappa shape index (κ3) is 3.31. The first-order valence-corrected chi connectivity index (χ1v) is 5.09. The lowest BCUT2D eigenvalue weighted by Gasteiger charge is -2.28. The summed E-state index contributed by atoms with van der Waals surface area (Å²) in [7, 11) is 1.67. The van der Waals surface area contributed by atoms with E-state index in [9.17, 15) is 5.11 Å². The highest BCUT2D eigenvalue weighted by Gasteiger charge is 2.24. The maximum Gasteiger partial charge on any atom is 0.0876 e. The fourth-order valence-corrected chi connectivity index (χ4v) is 1.51. The summed E-state index contributed by atoms with van der Waals surface area (Å²) in [4.78, 5) is 0. The molecule has 1 aliphatic heterocycles. The molecule has 1 heterocycles. The van der Waals surface area contributed by atoms with Gasteiger partial charge in [0.05, 0.1) is 24.6 Å². The largest absolute Gasteiger partial charge is 0.501 e. The van der Waals surface area contributed by atoms with Crippen LogP contribution in [-0.4, -0.2) is 30.5 Å². The normalized spacial score (nSPS) is 19.9. The number of hydrogen-bond donors (Lipinski definition) is 1. The average molecular weight is 200 g/mol. The van der Waals surface area contributed by atoms with Gasteiger partial charge in [-0.3, -0.25) is 0 Å².